The zero-order valence-corrected chi connectivity index (χ0v) is 12.7. The topological polar surface area (TPSA) is 12.0 Å². The highest BCUT2D eigenvalue weighted by atomic mass is 19.2. The quantitative estimate of drug-likeness (QED) is 0.839. The van der Waals surface area contributed by atoms with E-state index in [4.69, 9.17) is 0 Å². The Kier molecular flexibility index (Phi) is 5.14. The molecular weight excluding hydrogens is 256 g/mol. The Hall–Kier alpha value is -0.960. The smallest absolute Gasteiger partial charge is 0.163 e. The number of aryl methyl sites for hydroxylation is 1. The van der Waals surface area contributed by atoms with Gasteiger partial charge in [-0.05, 0) is 43.7 Å². The fraction of sp³-hybridized carbons (Fsp3) is 0.647. The predicted octanol–water partition coefficient (Wildman–Crippen LogP) is 4.75. The molecule has 3 unspecified atom stereocenters. The molecule has 1 aromatic rings. The molecule has 1 aliphatic carbocycles. The molecular formula is C17H25F2N. The fourth-order valence-corrected chi connectivity index (χ4v) is 3.44. The summed E-state index contributed by atoms with van der Waals surface area (Å²) in [6, 6.07) is 3.36. The Bertz CT molecular complexity index is 459. The van der Waals surface area contributed by atoms with Crippen LogP contribution in [-0.4, -0.2) is 6.54 Å². The minimum Gasteiger partial charge on any atom is -0.310 e. The molecule has 1 aliphatic rings. The first-order chi connectivity index (χ1) is 9.54. The van der Waals surface area contributed by atoms with Gasteiger partial charge in [0.25, 0.3) is 0 Å². The summed E-state index contributed by atoms with van der Waals surface area (Å²) in [6.45, 7) is 6.64. The summed E-state index contributed by atoms with van der Waals surface area (Å²) in [5, 5.41) is 3.37. The van der Waals surface area contributed by atoms with E-state index in [1.807, 2.05) is 6.92 Å². The van der Waals surface area contributed by atoms with E-state index >= 15 is 0 Å². The third-order valence-electron chi connectivity index (χ3n) is 4.51. The molecule has 0 amide bonds. The van der Waals surface area contributed by atoms with Crippen molar-refractivity contribution in [2.75, 3.05) is 6.54 Å². The van der Waals surface area contributed by atoms with Crippen molar-refractivity contribution in [2.24, 2.45) is 11.8 Å². The van der Waals surface area contributed by atoms with Crippen molar-refractivity contribution in [3.05, 3.63) is 34.9 Å². The van der Waals surface area contributed by atoms with Crippen LogP contribution in [0.2, 0.25) is 0 Å². The molecule has 0 bridgehead atoms. The molecule has 0 spiro atoms. The number of hydrogen-bond acceptors (Lipinski definition) is 1. The summed E-state index contributed by atoms with van der Waals surface area (Å²) in [6.07, 6.45) is 4.62. The SMILES string of the molecule is CCNC(c1ccc(C)c(F)c1F)C1CCCC(C)C1. The van der Waals surface area contributed by atoms with Gasteiger partial charge in [-0.3, -0.25) is 0 Å². The van der Waals surface area contributed by atoms with Gasteiger partial charge in [-0.1, -0.05) is 38.8 Å². The number of halogens is 2. The van der Waals surface area contributed by atoms with Gasteiger partial charge in [0.05, 0.1) is 0 Å². The first-order valence-electron chi connectivity index (χ1n) is 7.72. The van der Waals surface area contributed by atoms with E-state index in [0.717, 1.165) is 19.4 Å². The van der Waals surface area contributed by atoms with Crippen molar-refractivity contribution in [1.82, 2.24) is 5.32 Å². The highest BCUT2D eigenvalue weighted by Crippen LogP contribution is 2.38. The van der Waals surface area contributed by atoms with Crippen LogP contribution in [0.1, 0.15) is 56.7 Å². The molecule has 0 aromatic heterocycles. The molecule has 3 atom stereocenters. The molecule has 0 saturated heterocycles. The van der Waals surface area contributed by atoms with Gasteiger partial charge in [-0.2, -0.15) is 0 Å². The Balaban J connectivity index is 2.30. The fourth-order valence-electron chi connectivity index (χ4n) is 3.44. The Labute approximate surface area is 120 Å². The van der Waals surface area contributed by atoms with Gasteiger partial charge in [-0.25, -0.2) is 8.78 Å². The van der Waals surface area contributed by atoms with Crippen LogP contribution >= 0.6 is 0 Å². The maximum atomic E-state index is 14.3. The van der Waals surface area contributed by atoms with Gasteiger partial charge < -0.3 is 5.32 Å². The molecule has 20 heavy (non-hydrogen) atoms. The Morgan fingerprint density at radius 1 is 1.25 bits per heavy atom. The molecule has 2 rings (SSSR count). The molecule has 1 N–H and O–H groups in total. The molecule has 1 saturated carbocycles. The minimum atomic E-state index is -0.700. The molecule has 0 aliphatic heterocycles. The summed E-state index contributed by atoms with van der Waals surface area (Å²) in [5.74, 6) is -0.299. The van der Waals surface area contributed by atoms with E-state index in [1.54, 1.807) is 19.1 Å². The van der Waals surface area contributed by atoms with Crippen LogP contribution in [0.5, 0.6) is 0 Å². The normalized spacial score (nSPS) is 24.6. The summed E-state index contributed by atoms with van der Waals surface area (Å²) in [7, 11) is 0. The van der Waals surface area contributed by atoms with Crippen LogP contribution in [0.3, 0.4) is 0 Å². The molecule has 0 radical (unpaired) electrons. The lowest BCUT2D eigenvalue weighted by molar-refractivity contribution is 0.221. The number of nitrogens with one attached hydrogen (secondary N) is 1. The summed E-state index contributed by atoms with van der Waals surface area (Å²) < 4.78 is 28.1. The van der Waals surface area contributed by atoms with E-state index in [-0.39, 0.29) is 6.04 Å². The number of hydrogen-bond donors (Lipinski definition) is 1. The van der Waals surface area contributed by atoms with E-state index in [1.165, 1.54) is 12.8 Å². The molecule has 112 valence electrons. The number of benzene rings is 1. The van der Waals surface area contributed by atoms with E-state index in [0.29, 0.717) is 23.0 Å². The Morgan fingerprint density at radius 2 is 2.00 bits per heavy atom. The third-order valence-corrected chi connectivity index (χ3v) is 4.51. The van der Waals surface area contributed by atoms with Crippen LogP contribution < -0.4 is 5.32 Å². The lowest BCUT2D eigenvalue weighted by Crippen LogP contribution is -2.32. The van der Waals surface area contributed by atoms with Crippen LogP contribution in [0.15, 0.2) is 12.1 Å². The minimum absolute atomic E-state index is 0.0714. The lowest BCUT2D eigenvalue weighted by atomic mass is 9.76. The third kappa shape index (κ3) is 3.20. The summed E-state index contributed by atoms with van der Waals surface area (Å²) in [5.41, 5.74) is 0.868. The molecule has 1 fully saturated rings. The van der Waals surface area contributed by atoms with Crippen molar-refractivity contribution in [3.8, 4) is 0 Å². The highest BCUT2D eigenvalue weighted by Gasteiger charge is 2.30. The van der Waals surface area contributed by atoms with E-state index in [9.17, 15) is 8.78 Å². The molecule has 0 heterocycles. The summed E-state index contributed by atoms with van der Waals surface area (Å²) >= 11 is 0. The lowest BCUT2D eigenvalue weighted by Gasteiger charge is -2.34. The van der Waals surface area contributed by atoms with Crippen molar-refractivity contribution in [1.29, 1.82) is 0 Å². The first-order valence-corrected chi connectivity index (χ1v) is 7.72. The van der Waals surface area contributed by atoms with Gasteiger partial charge in [0, 0.05) is 11.6 Å². The van der Waals surface area contributed by atoms with Crippen LogP contribution in [0, 0.1) is 30.4 Å². The second-order valence-corrected chi connectivity index (χ2v) is 6.17. The highest BCUT2D eigenvalue weighted by molar-refractivity contribution is 5.28. The molecule has 1 nitrogen and oxygen atoms in total. The molecule has 1 aromatic carbocycles. The first kappa shape index (κ1) is 15.4. The number of rotatable bonds is 4. The van der Waals surface area contributed by atoms with Gasteiger partial charge in [0.15, 0.2) is 11.6 Å². The summed E-state index contributed by atoms with van der Waals surface area (Å²) in [4.78, 5) is 0. The monoisotopic (exact) mass is 281 g/mol. The van der Waals surface area contributed by atoms with Gasteiger partial charge in [0.1, 0.15) is 0 Å². The van der Waals surface area contributed by atoms with E-state index in [2.05, 4.69) is 12.2 Å². The second-order valence-electron chi connectivity index (χ2n) is 6.17. The zero-order chi connectivity index (χ0) is 14.7. The zero-order valence-electron chi connectivity index (χ0n) is 12.7. The maximum Gasteiger partial charge on any atom is 0.163 e. The van der Waals surface area contributed by atoms with Gasteiger partial charge in [0.2, 0.25) is 0 Å². The average molecular weight is 281 g/mol. The van der Waals surface area contributed by atoms with Crippen LogP contribution in [-0.2, 0) is 0 Å². The van der Waals surface area contributed by atoms with Crippen LogP contribution in [0.4, 0.5) is 8.78 Å². The van der Waals surface area contributed by atoms with Crippen molar-refractivity contribution >= 4 is 0 Å². The molecule has 3 heteroatoms. The Morgan fingerprint density at radius 3 is 2.65 bits per heavy atom. The van der Waals surface area contributed by atoms with Gasteiger partial charge in [-0.15, -0.1) is 0 Å². The standard InChI is InChI=1S/C17H25F2N/c1-4-20-17(13-7-5-6-11(2)10-13)14-9-8-12(3)15(18)16(14)19/h8-9,11,13,17,20H,4-7,10H2,1-3H3. The van der Waals surface area contributed by atoms with E-state index < -0.39 is 11.6 Å². The van der Waals surface area contributed by atoms with Crippen molar-refractivity contribution in [3.63, 3.8) is 0 Å². The van der Waals surface area contributed by atoms with Crippen LogP contribution in [0.25, 0.3) is 0 Å². The van der Waals surface area contributed by atoms with Crippen molar-refractivity contribution < 1.29 is 8.78 Å². The average Bonchev–Trinajstić information content (AvgIpc) is 2.43. The largest absolute Gasteiger partial charge is 0.310 e. The van der Waals surface area contributed by atoms with Crippen molar-refractivity contribution in [2.45, 2.75) is 52.5 Å². The van der Waals surface area contributed by atoms with Gasteiger partial charge >= 0.3 is 0 Å². The second kappa shape index (κ2) is 6.66. The maximum absolute atomic E-state index is 14.3. The predicted molar refractivity (Wildman–Crippen MR) is 78.6 cm³/mol.